The van der Waals surface area contributed by atoms with Crippen molar-refractivity contribution in [2.75, 3.05) is 13.2 Å². The van der Waals surface area contributed by atoms with Gasteiger partial charge in [0.2, 0.25) is 5.91 Å². The SMILES string of the molecule is CCCCC/C=C\C/C=C\CCCCCCCCC(O)C(=O)NC(COC1OC(CO)C(O)C(O)C1OC(=O)CCCCCCCCCCCCCCC)C(O)/C=C/CCCCCCCCCCC. The summed E-state index contributed by atoms with van der Waals surface area (Å²) in [7, 11) is 0. The highest BCUT2D eigenvalue weighted by Crippen LogP contribution is 2.26. The monoisotopic (exact) mass is 978 g/mol. The Kier molecular flexibility index (Phi) is 44.1. The maximum atomic E-state index is 13.4. The number of carbonyl (C=O) groups is 2. The molecular weight excluding hydrogens is 871 g/mol. The van der Waals surface area contributed by atoms with Gasteiger partial charge in [-0.2, -0.15) is 0 Å². The van der Waals surface area contributed by atoms with Gasteiger partial charge in [-0.05, 0) is 57.8 Å². The van der Waals surface area contributed by atoms with E-state index in [2.05, 4.69) is 50.4 Å². The van der Waals surface area contributed by atoms with E-state index in [0.717, 1.165) is 83.5 Å². The average molecular weight is 978 g/mol. The summed E-state index contributed by atoms with van der Waals surface area (Å²) in [6, 6.07) is -1.02. The van der Waals surface area contributed by atoms with Crippen LogP contribution in [0.25, 0.3) is 0 Å². The number of aliphatic hydroxyl groups is 5. The van der Waals surface area contributed by atoms with Gasteiger partial charge in [0.05, 0.1) is 25.4 Å². The van der Waals surface area contributed by atoms with Crippen molar-refractivity contribution in [3.63, 3.8) is 0 Å². The van der Waals surface area contributed by atoms with Gasteiger partial charge in [0, 0.05) is 6.42 Å². The Morgan fingerprint density at radius 3 is 1.51 bits per heavy atom. The van der Waals surface area contributed by atoms with E-state index in [1.165, 1.54) is 128 Å². The summed E-state index contributed by atoms with van der Waals surface area (Å²) >= 11 is 0. The molecule has 1 rings (SSSR count). The van der Waals surface area contributed by atoms with Gasteiger partial charge in [-0.1, -0.05) is 231 Å². The number of unbranched alkanes of at least 4 members (excludes halogenated alkanes) is 30. The largest absolute Gasteiger partial charge is 0.454 e. The van der Waals surface area contributed by atoms with Crippen molar-refractivity contribution in [3.8, 4) is 0 Å². The second-order valence-electron chi connectivity index (χ2n) is 20.0. The van der Waals surface area contributed by atoms with Crippen LogP contribution in [0, 0.1) is 0 Å². The highest BCUT2D eigenvalue weighted by atomic mass is 16.7. The lowest BCUT2D eigenvalue weighted by Gasteiger charge is -2.41. The minimum atomic E-state index is -1.61. The lowest BCUT2D eigenvalue weighted by atomic mass is 9.99. The Morgan fingerprint density at radius 1 is 0.565 bits per heavy atom. The summed E-state index contributed by atoms with van der Waals surface area (Å²) in [6.07, 6.45) is 43.3. The molecule has 0 spiro atoms. The van der Waals surface area contributed by atoms with E-state index >= 15 is 0 Å². The zero-order chi connectivity index (χ0) is 50.4. The molecule has 11 heteroatoms. The van der Waals surface area contributed by atoms with Gasteiger partial charge in [-0.15, -0.1) is 0 Å². The van der Waals surface area contributed by atoms with Crippen LogP contribution in [0.15, 0.2) is 36.5 Å². The van der Waals surface area contributed by atoms with Crippen molar-refractivity contribution in [3.05, 3.63) is 36.5 Å². The molecule has 0 aromatic rings. The standard InChI is InChI=1S/C58H107NO10/c1-4-7-10-13-16-19-22-24-25-26-28-30-33-36-39-42-45-51(62)57(66)59-49(50(61)44-41-38-35-32-29-21-18-15-12-9-6-3)48-67-58-56(55(65)54(64)52(47-60)68-58)69-53(63)46-43-40-37-34-31-27-23-20-17-14-11-8-5-2/h16,19,24-25,41,44,49-52,54-56,58,60-62,64-65H,4-15,17-18,20-23,26-40,42-43,45-48H2,1-3H3,(H,59,66)/b19-16-,25-24-,44-41+. The van der Waals surface area contributed by atoms with Crippen LogP contribution in [-0.2, 0) is 23.8 Å². The molecule has 8 unspecified atom stereocenters. The molecule has 1 fully saturated rings. The molecule has 0 bridgehead atoms. The number of ether oxygens (including phenoxy) is 3. The topological polar surface area (TPSA) is 175 Å². The number of hydrogen-bond acceptors (Lipinski definition) is 10. The van der Waals surface area contributed by atoms with Crippen LogP contribution in [-0.4, -0.2) is 99.6 Å². The lowest BCUT2D eigenvalue weighted by molar-refractivity contribution is -0.305. The van der Waals surface area contributed by atoms with E-state index in [0.29, 0.717) is 12.8 Å². The molecule has 8 atom stereocenters. The molecule has 0 saturated carbocycles. The summed E-state index contributed by atoms with van der Waals surface area (Å²) < 4.78 is 17.6. The van der Waals surface area contributed by atoms with Gasteiger partial charge in [0.25, 0.3) is 0 Å². The molecule has 0 aliphatic carbocycles. The van der Waals surface area contributed by atoms with Crippen LogP contribution in [0.4, 0.5) is 0 Å². The Hall–Kier alpha value is -2.12. The molecule has 1 saturated heterocycles. The van der Waals surface area contributed by atoms with Crippen LogP contribution in [0.2, 0.25) is 0 Å². The zero-order valence-electron chi connectivity index (χ0n) is 44.4. The molecule has 404 valence electrons. The van der Waals surface area contributed by atoms with E-state index in [1.54, 1.807) is 6.08 Å². The average Bonchev–Trinajstić information content (AvgIpc) is 3.34. The Balaban J connectivity index is 2.73. The van der Waals surface area contributed by atoms with Crippen molar-refractivity contribution in [2.45, 2.75) is 307 Å². The third-order valence-electron chi connectivity index (χ3n) is 13.5. The van der Waals surface area contributed by atoms with Crippen LogP contribution >= 0.6 is 0 Å². The second-order valence-corrected chi connectivity index (χ2v) is 20.0. The second kappa shape index (κ2) is 46.9. The van der Waals surface area contributed by atoms with Gasteiger partial charge in [0.1, 0.15) is 24.4 Å². The maximum absolute atomic E-state index is 13.4. The summed E-state index contributed by atoms with van der Waals surface area (Å²) in [5, 5.41) is 56.7. The number of allylic oxidation sites excluding steroid dienone is 5. The number of amides is 1. The fourth-order valence-corrected chi connectivity index (χ4v) is 8.92. The molecule has 1 aliphatic heterocycles. The lowest BCUT2D eigenvalue weighted by Crippen LogP contribution is -2.61. The van der Waals surface area contributed by atoms with Gasteiger partial charge >= 0.3 is 5.97 Å². The van der Waals surface area contributed by atoms with E-state index in [-0.39, 0.29) is 19.4 Å². The van der Waals surface area contributed by atoms with Crippen LogP contribution in [0.5, 0.6) is 0 Å². The molecule has 0 radical (unpaired) electrons. The van der Waals surface area contributed by atoms with Crippen LogP contribution in [0.1, 0.15) is 258 Å². The highest BCUT2D eigenvalue weighted by molar-refractivity contribution is 5.80. The highest BCUT2D eigenvalue weighted by Gasteiger charge is 2.47. The van der Waals surface area contributed by atoms with Gasteiger partial charge < -0.3 is 45.1 Å². The first-order valence-corrected chi connectivity index (χ1v) is 28.8. The fraction of sp³-hybridized carbons (Fsp3) is 0.862. The molecule has 1 aliphatic rings. The number of hydrogen-bond donors (Lipinski definition) is 6. The van der Waals surface area contributed by atoms with Gasteiger partial charge in [-0.25, -0.2) is 0 Å². The van der Waals surface area contributed by atoms with Crippen molar-refractivity contribution < 1.29 is 49.3 Å². The minimum Gasteiger partial charge on any atom is -0.454 e. The molecular formula is C58H107NO10. The summed E-state index contributed by atoms with van der Waals surface area (Å²) in [5.74, 6) is -1.20. The Bertz CT molecular complexity index is 1260. The van der Waals surface area contributed by atoms with E-state index < -0.39 is 67.4 Å². The number of esters is 1. The zero-order valence-corrected chi connectivity index (χ0v) is 44.4. The number of nitrogens with one attached hydrogen (secondary N) is 1. The first-order chi connectivity index (χ1) is 33.7. The van der Waals surface area contributed by atoms with E-state index in [1.807, 2.05) is 6.08 Å². The van der Waals surface area contributed by atoms with Gasteiger partial charge in [0.15, 0.2) is 12.4 Å². The normalized spacial score (nSPS) is 20.0. The molecule has 0 aromatic heterocycles. The number of aliphatic hydroxyl groups excluding tert-OH is 5. The van der Waals surface area contributed by atoms with Crippen molar-refractivity contribution in [1.82, 2.24) is 5.32 Å². The van der Waals surface area contributed by atoms with Crippen LogP contribution in [0.3, 0.4) is 0 Å². The van der Waals surface area contributed by atoms with Crippen molar-refractivity contribution in [1.29, 1.82) is 0 Å². The Morgan fingerprint density at radius 2 is 1.00 bits per heavy atom. The Labute approximate surface area is 422 Å². The van der Waals surface area contributed by atoms with Crippen molar-refractivity contribution >= 4 is 11.9 Å². The molecule has 0 aromatic carbocycles. The van der Waals surface area contributed by atoms with E-state index in [4.69, 9.17) is 14.2 Å². The fourth-order valence-electron chi connectivity index (χ4n) is 8.92. The summed E-state index contributed by atoms with van der Waals surface area (Å²) in [5.41, 5.74) is 0. The van der Waals surface area contributed by atoms with E-state index in [9.17, 15) is 35.1 Å². The molecule has 69 heavy (non-hydrogen) atoms. The molecule has 1 heterocycles. The minimum absolute atomic E-state index is 0.126. The molecule has 6 N–H and O–H groups in total. The summed E-state index contributed by atoms with van der Waals surface area (Å²) in [4.78, 5) is 26.4. The predicted molar refractivity (Wildman–Crippen MR) is 283 cm³/mol. The number of carbonyl (C=O) groups excluding carboxylic acids is 2. The molecule has 11 nitrogen and oxygen atoms in total. The quantitative estimate of drug-likeness (QED) is 0.0196. The smallest absolute Gasteiger partial charge is 0.306 e. The molecule has 1 amide bonds. The predicted octanol–water partition coefficient (Wildman–Crippen LogP) is 12.7. The number of rotatable bonds is 48. The van der Waals surface area contributed by atoms with Gasteiger partial charge in [-0.3, -0.25) is 9.59 Å². The third kappa shape index (κ3) is 35.6. The third-order valence-corrected chi connectivity index (χ3v) is 13.5. The summed E-state index contributed by atoms with van der Waals surface area (Å²) in [6.45, 7) is 5.74. The maximum Gasteiger partial charge on any atom is 0.306 e. The first kappa shape index (κ1) is 64.9. The van der Waals surface area contributed by atoms with Crippen molar-refractivity contribution in [2.24, 2.45) is 0 Å². The van der Waals surface area contributed by atoms with Crippen LogP contribution < -0.4 is 5.32 Å². The first-order valence-electron chi connectivity index (χ1n) is 28.8.